The molecule has 0 atom stereocenters. The highest BCUT2D eigenvalue weighted by molar-refractivity contribution is 14.0. The lowest BCUT2D eigenvalue weighted by Gasteiger charge is -2.33. The number of rotatable bonds is 4. The van der Waals surface area contributed by atoms with Gasteiger partial charge in [0.25, 0.3) is 0 Å². The maximum absolute atomic E-state index is 13.2. The Kier molecular flexibility index (Phi) is 9.48. The lowest BCUT2D eigenvalue weighted by Crippen LogP contribution is -2.46. The number of carbonyl (C=O) groups is 1. The first-order chi connectivity index (χ1) is 11.5. The second kappa shape index (κ2) is 10.8. The number of carbonyl (C=O) groups excluding carboxylic acids is 1. The zero-order valence-corrected chi connectivity index (χ0v) is 17.5. The minimum Gasteiger partial charge on any atom is -0.469 e. The Morgan fingerprint density at radius 1 is 1.44 bits per heavy atom. The third-order valence-electron chi connectivity index (χ3n) is 4.06. The average Bonchev–Trinajstić information content (AvgIpc) is 2.61. The van der Waals surface area contributed by atoms with Crippen molar-refractivity contribution in [2.45, 2.75) is 26.3 Å². The number of hydrogen-bond donors (Lipinski definition) is 1. The van der Waals surface area contributed by atoms with Gasteiger partial charge in [0.15, 0.2) is 5.96 Å². The van der Waals surface area contributed by atoms with Gasteiger partial charge in [0, 0.05) is 19.6 Å². The molecule has 0 amide bonds. The van der Waals surface area contributed by atoms with Crippen molar-refractivity contribution in [3.05, 3.63) is 34.6 Å². The lowest BCUT2D eigenvalue weighted by molar-refractivity contribution is -0.146. The van der Waals surface area contributed by atoms with Crippen LogP contribution in [-0.2, 0) is 16.1 Å². The second-order valence-corrected chi connectivity index (χ2v) is 6.11. The number of esters is 1. The van der Waals surface area contributed by atoms with Gasteiger partial charge in [0.05, 0.1) is 24.6 Å². The van der Waals surface area contributed by atoms with Crippen LogP contribution in [0, 0.1) is 11.7 Å². The molecule has 5 nitrogen and oxygen atoms in total. The number of guanidine groups is 1. The summed E-state index contributed by atoms with van der Waals surface area (Å²) < 4.78 is 18.0. The van der Waals surface area contributed by atoms with Crippen molar-refractivity contribution in [2.24, 2.45) is 10.9 Å². The first-order valence-electron chi connectivity index (χ1n) is 8.10. The van der Waals surface area contributed by atoms with Crippen molar-refractivity contribution in [1.82, 2.24) is 10.2 Å². The highest BCUT2D eigenvalue weighted by atomic mass is 127. The minimum atomic E-state index is -0.429. The molecule has 0 spiro atoms. The van der Waals surface area contributed by atoms with Gasteiger partial charge in [-0.3, -0.25) is 4.79 Å². The van der Waals surface area contributed by atoms with Crippen LogP contribution in [0.3, 0.4) is 0 Å². The van der Waals surface area contributed by atoms with Gasteiger partial charge in [0.1, 0.15) is 5.82 Å². The summed E-state index contributed by atoms with van der Waals surface area (Å²) in [5.74, 6) is 0.185. The zero-order chi connectivity index (χ0) is 17.5. The largest absolute Gasteiger partial charge is 0.469 e. The van der Waals surface area contributed by atoms with E-state index in [4.69, 9.17) is 16.3 Å². The summed E-state index contributed by atoms with van der Waals surface area (Å²) in [7, 11) is 1.42. The number of aliphatic imine (C=N–C) groups is 1. The number of methoxy groups -OCH3 is 1. The van der Waals surface area contributed by atoms with Crippen LogP contribution in [0.25, 0.3) is 0 Å². The molecule has 0 aliphatic carbocycles. The lowest BCUT2D eigenvalue weighted by atomic mass is 9.97. The van der Waals surface area contributed by atoms with E-state index in [0.29, 0.717) is 6.54 Å². The molecule has 1 aliphatic rings. The molecule has 1 aliphatic heterocycles. The van der Waals surface area contributed by atoms with E-state index in [1.165, 1.54) is 13.2 Å². The standard InChI is InChI=1S/C17H23ClFN3O2.HI/c1-3-20-17(21-11-12-4-5-15(19)14(18)10-12)22-8-6-13(7-9-22)16(23)24-2;/h4-5,10,13H,3,6-9,11H2,1-2H3,(H,20,21);1H. The van der Waals surface area contributed by atoms with Gasteiger partial charge in [-0.2, -0.15) is 0 Å². The fourth-order valence-corrected chi connectivity index (χ4v) is 2.93. The van der Waals surface area contributed by atoms with Crippen LogP contribution in [0.15, 0.2) is 23.2 Å². The molecule has 0 aromatic heterocycles. The molecule has 2 rings (SSSR count). The van der Waals surface area contributed by atoms with Gasteiger partial charge >= 0.3 is 5.97 Å². The molecule has 1 aromatic rings. The molecule has 0 radical (unpaired) electrons. The summed E-state index contributed by atoms with van der Waals surface area (Å²) >= 11 is 5.81. The number of benzene rings is 1. The molecular weight excluding hydrogens is 460 g/mol. The van der Waals surface area contributed by atoms with E-state index in [1.807, 2.05) is 6.92 Å². The number of ether oxygens (including phenoxy) is 1. The van der Waals surface area contributed by atoms with Gasteiger partial charge in [-0.05, 0) is 37.5 Å². The maximum atomic E-state index is 13.2. The van der Waals surface area contributed by atoms with Crippen molar-refractivity contribution < 1.29 is 13.9 Å². The van der Waals surface area contributed by atoms with Crippen molar-refractivity contribution >= 4 is 47.5 Å². The molecule has 1 saturated heterocycles. The summed E-state index contributed by atoms with van der Waals surface area (Å²) in [6.07, 6.45) is 1.50. The first kappa shape index (κ1) is 22.0. The highest BCUT2D eigenvalue weighted by Gasteiger charge is 2.26. The van der Waals surface area contributed by atoms with Gasteiger partial charge < -0.3 is 15.0 Å². The molecule has 140 valence electrons. The third kappa shape index (κ3) is 6.29. The fourth-order valence-electron chi connectivity index (χ4n) is 2.72. The van der Waals surface area contributed by atoms with E-state index in [0.717, 1.165) is 44.0 Å². The maximum Gasteiger partial charge on any atom is 0.308 e. The molecule has 8 heteroatoms. The van der Waals surface area contributed by atoms with Gasteiger partial charge in [-0.15, -0.1) is 24.0 Å². The molecule has 1 aromatic carbocycles. The summed E-state index contributed by atoms with van der Waals surface area (Å²) in [6.45, 7) is 4.66. The molecule has 25 heavy (non-hydrogen) atoms. The summed E-state index contributed by atoms with van der Waals surface area (Å²) in [5, 5.41) is 3.36. The van der Waals surface area contributed by atoms with Crippen LogP contribution in [0.2, 0.25) is 5.02 Å². The molecular formula is C17H24ClFIN3O2. The second-order valence-electron chi connectivity index (χ2n) is 5.70. The molecule has 0 saturated carbocycles. The first-order valence-corrected chi connectivity index (χ1v) is 8.48. The van der Waals surface area contributed by atoms with E-state index in [1.54, 1.807) is 12.1 Å². The Morgan fingerprint density at radius 2 is 2.12 bits per heavy atom. The molecule has 0 bridgehead atoms. The SMILES string of the molecule is CCNC(=NCc1ccc(F)c(Cl)c1)N1CCC(C(=O)OC)CC1.I. The van der Waals surface area contributed by atoms with Crippen LogP contribution in [0.5, 0.6) is 0 Å². The van der Waals surface area contributed by atoms with Crippen molar-refractivity contribution in [1.29, 1.82) is 0 Å². The smallest absolute Gasteiger partial charge is 0.308 e. The number of piperidine rings is 1. The number of nitrogens with zero attached hydrogens (tertiary/aromatic N) is 2. The molecule has 1 N–H and O–H groups in total. The van der Waals surface area contributed by atoms with E-state index in [2.05, 4.69) is 15.2 Å². The summed E-state index contributed by atoms with van der Waals surface area (Å²) in [6, 6.07) is 4.62. The number of nitrogens with one attached hydrogen (secondary N) is 1. The zero-order valence-electron chi connectivity index (χ0n) is 14.4. The van der Waals surface area contributed by atoms with Crippen molar-refractivity contribution in [2.75, 3.05) is 26.7 Å². The van der Waals surface area contributed by atoms with E-state index in [9.17, 15) is 9.18 Å². The van der Waals surface area contributed by atoms with Gasteiger partial charge in [-0.25, -0.2) is 9.38 Å². The predicted octanol–water partition coefficient (Wildman–Crippen LogP) is 3.45. The topological polar surface area (TPSA) is 53.9 Å². The number of hydrogen-bond acceptors (Lipinski definition) is 3. The highest BCUT2D eigenvalue weighted by Crippen LogP contribution is 2.19. The minimum absolute atomic E-state index is 0. The number of likely N-dealkylation sites (tertiary alicyclic amines) is 1. The Bertz CT molecular complexity index is 608. The molecule has 0 unspecified atom stereocenters. The Labute approximate surface area is 170 Å². The summed E-state index contributed by atoms with van der Waals surface area (Å²) in [5.41, 5.74) is 0.848. The van der Waals surface area contributed by atoms with Gasteiger partial charge in [-0.1, -0.05) is 17.7 Å². The van der Waals surface area contributed by atoms with Crippen LogP contribution >= 0.6 is 35.6 Å². The Hall–Kier alpha value is -1.09. The van der Waals surface area contributed by atoms with E-state index < -0.39 is 5.82 Å². The fraction of sp³-hybridized carbons (Fsp3) is 0.529. The molecule has 1 fully saturated rings. The molecule has 1 heterocycles. The Balaban J connectivity index is 0.00000312. The van der Waals surface area contributed by atoms with Crippen molar-refractivity contribution in [3.63, 3.8) is 0 Å². The third-order valence-corrected chi connectivity index (χ3v) is 4.35. The average molecular weight is 484 g/mol. The summed E-state index contributed by atoms with van der Waals surface area (Å²) in [4.78, 5) is 18.3. The normalized spacial score (nSPS) is 15.5. The monoisotopic (exact) mass is 483 g/mol. The Morgan fingerprint density at radius 3 is 2.68 bits per heavy atom. The van der Waals surface area contributed by atoms with E-state index in [-0.39, 0.29) is 40.9 Å². The quantitative estimate of drug-likeness (QED) is 0.308. The van der Waals surface area contributed by atoms with Crippen LogP contribution in [-0.4, -0.2) is 43.6 Å². The van der Waals surface area contributed by atoms with Crippen molar-refractivity contribution in [3.8, 4) is 0 Å². The van der Waals surface area contributed by atoms with Crippen LogP contribution in [0.4, 0.5) is 4.39 Å². The number of halogens is 3. The van der Waals surface area contributed by atoms with Crippen LogP contribution in [0.1, 0.15) is 25.3 Å². The van der Waals surface area contributed by atoms with E-state index >= 15 is 0 Å². The predicted molar refractivity (Wildman–Crippen MR) is 108 cm³/mol. The van der Waals surface area contributed by atoms with Crippen LogP contribution < -0.4 is 5.32 Å². The van der Waals surface area contributed by atoms with Gasteiger partial charge in [0.2, 0.25) is 0 Å².